The molecule has 10 nitrogen and oxygen atoms in total. The number of esters is 1. The van der Waals surface area contributed by atoms with Crippen LogP contribution in [0.3, 0.4) is 0 Å². The van der Waals surface area contributed by atoms with E-state index in [9.17, 15) is 24.5 Å². The molecule has 1 aliphatic rings. The minimum atomic E-state index is -1.29. The Bertz CT molecular complexity index is 928. The number of carbonyl (C=O) groups is 3. The number of amides is 2. The molecule has 1 aromatic carbocycles. The Morgan fingerprint density at radius 3 is 2.77 bits per heavy atom. The Morgan fingerprint density at radius 2 is 2.15 bits per heavy atom. The molecule has 1 aliphatic heterocycles. The lowest BCUT2D eigenvalue weighted by molar-refractivity contribution is -0.384. The van der Waals surface area contributed by atoms with Crippen molar-refractivity contribution in [2.45, 2.75) is 5.92 Å². The zero-order valence-electron chi connectivity index (χ0n) is 13.4. The molecule has 1 atom stereocenters. The van der Waals surface area contributed by atoms with Crippen LogP contribution >= 0.6 is 0 Å². The summed E-state index contributed by atoms with van der Waals surface area (Å²) in [7, 11) is 1.12. The first-order valence-electron chi connectivity index (χ1n) is 7.34. The van der Waals surface area contributed by atoms with Crippen LogP contribution in [-0.4, -0.2) is 34.8 Å². The SMILES string of the molecule is COC(=O)C1C(=O)Nc2cc(NC(=O)c3cccnc3)c([N+](=O)[O-])cc21. The smallest absolute Gasteiger partial charge is 0.322 e. The first-order valence-corrected chi connectivity index (χ1v) is 7.34. The molecule has 0 aliphatic carbocycles. The normalized spacial score (nSPS) is 15.0. The number of hydrogen-bond donors (Lipinski definition) is 2. The molecule has 1 unspecified atom stereocenters. The summed E-state index contributed by atoms with van der Waals surface area (Å²) >= 11 is 0. The zero-order valence-corrected chi connectivity index (χ0v) is 13.4. The Morgan fingerprint density at radius 1 is 1.38 bits per heavy atom. The van der Waals surface area contributed by atoms with Crippen LogP contribution in [0.5, 0.6) is 0 Å². The number of pyridine rings is 1. The van der Waals surface area contributed by atoms with Gasteiger partial charge in [0.2, 0.25) is 5.91 Å². The molecule has 132 valence electrons. The summed E-state index contributed by atoms with van der Waals surface area (Å²) in [6.07, 6.45) is 2.79. The summed E-state index contributed by atoms with van der Waals surface area (Å²) in [5.41, 5.74) is -0.0519. The minimum absolute atomic E-state index is 0.117. The van der Waals surface area contributed by atoms with E-state index in [0.717, 1.165) is 13.2 Å². The third-order valence-corrected chi connectivity index (χ3v) is 3.80. The number of carbonyl (C=O) groups excluding carboxylic acids is 3. The minimum Gasteiger partial charge on any atom is -0.468 e. The van der Waals surface area contributed by atoms with Gasteiger partial charge >= 0.3 is 5.97 Å². The number of aromatic nitrogens is 1. The van der Waals surface area contributed by atoms with Gasteiger partial charge in [-0.05, 0) is 18.2 Å². The first-order chi connectivity index (χ1) is 12.4. The Kier molecular flexibility index (Phi) is 4.31. The number of anilines is 2. The predicted octanol–water partition coefficient (Wildman–Crippen LogP) is 1.45. The summed E-state index contributed by atoms with van der Waals surface area (Å²) in [5.74, 6) is -3.38. The summed E-state index contributed by atoms with van der Waals surface area (Å²) in [6, 6.07) is 5.36. The molecule has 2 N–H and O–H groups in total. The summed E-state index contributed by atoms with van der Waals surface area (Å²) in [5, 5.41) is 16.3. The van der Waals surface area contributed by atoms with Crippen LogP contribution in [0.25, 0.3) is 0 Å². The fraction of sp³-hybridized carbons (Fsp3) is 0.125. The molecule has 0 radical (unpaired) electrons. The van der Waals surface area contributed by atoms with Gasteiger partial charge in [-0.25, -0.2) is 0 Å². The van der Waals surface area contributed by atoms with Gasteiger partial charge in [-0.3, -0.25) is 29.5 Å². The van der Waals surface area contributed by atoms with Gasteiger partial charge in [-0.2, -0.15) is 0 Å². The van der Waals surface area contributed by atoms with Gasteiger partial charge in [0.1, 0.15) is 5.69 Å². The van der Waals surface area contributed by atoms with E-state index >= 15 is 0 Å². The van der Waals surface area contributed by atoms with E-state index in [-0.39, 0.29) is 22.5 Å². The number of nitrogens with zero attached hydrogens (tertiary/aromatic N) is 2. The lowest BCUT2D eigenvalue weighted by Gasteiger charge is -2.09. The highest BCUT2D eigenvalue weighted by Gasteiger charge is 2.39. The number of benzene rings is 1. The second-order valence-electron chi connectivity index (χ2n) is 5.35. The van der Waals surface area contributed by atoms with Gasteiger partial charge < -0.3 is 15.4 Å². The Hall–Kier alpha value is -3.82. The van der Waals surface area contributed by atoms with E-state index in [1.165, 1.54) is 24.5 Å². The van der Waals surface area contributed by atoms with Crippen molar-refractivity contribution in [1.82, 2.24) is 4.98 Å². The second-order valence-corrected chi connectivity index (χ2v) is 5.35. The van der Waals surface area contributed by atoms with E-state index in [1.54, 1.807) is 6.07 Å². The van der Waals surface area contributed by atoms with Crippen molar-refractivity contribution >= 4 is 34.8 Å². The Balaban J connectivity index is 2.01. The average molecular weight is 356 g/mol. The monoisotopic (exact) mass is 356 g/mol. The average Bonchev–Trinajstić information content (AvgIpc) is 2.95. The highest BCUT2D eigenvalue weighted by molar-refractivity contribution is 6.16. The maximum atomic E-state index is 12.2. The maximum Gasteiger partial charge on any atom is 0.322 e. The third-order valence-electron chi connectivity index (χ3n) is 3.80. The molecule has 0 bridgehead atoms. The van der Waals surface area contributed by atoms with Crippen molar-refractivity contribution < 1.29 is 24.0 Å². The van der Waals surface area contributed by atoms with Crippen LogP contribution in [0.1, 0.15) is 21.8 Å². The van der Waals surface area contributed by atoms with Crippen molar-refractivity contribution in [3.8, 4) is 0 Å². The van der Waals surface area contributed by atoms with E-state index in [1.807, 2.05) is 0 Å². The molecule has 2 heterocycles. The van der Waals surface area contributed by atoms with Crippen molar-refractivity contribution in [3.05, 3.63) is 57.9 Å². The quantitative estimate of drug-likeness (QED) is 0.365. The van der Waals surface area contributed by atoms with Crippen molar-refractivity contribution in [3.63, 3.8) is 0 Å². The van der Waals surface area contributed by atoms with Crippen molar-refractivity contribution in [1.29, 1.82) is 0 Å². The van der Waals surface area contributed by atoms with Crippen molar-refractivity contribution in [2.24, 2.45) is 0 Å². The topological polar surface area (TPSA) is 141 Å². The molecule has 2 amide bonds. The zero-order chi connectivity index (χ0) is 18.8. The standard InChI is InChI=1S/C16H12N4O6/c1-26-16(23)13-9-5-12(20(24)25)11(6-10(9)18-15(13)22)19-14(21)8-3-2-4-17-7-8/h2-7,13H,1H3,(H,18,22)(H,19,21). The lowest BCUT2D eigenvalue weighted by atomic mass is 9.99. The molecule has 0 saturated heterocycles. The number of hydrogen-bond acceptors (Lipinski definition) is 7. The van der Waals surface area contributed by atoms with Crippen LogP contribution in [0, 0.1) is 10.1 Å². The van der Waals surface area contributed by atoms with Crippen LogP contribution in [-0.2, 0) is 14.3 Å². The molecule has 1 aromatic heterocycles. The van der Waals surface area contributed by atoms with Crippen LogP contribution in [0.15, 0.2) is 36.7 Å². The number of ether oxygens (including phenoxy) is 1. The summed E-state index contributed by atoms with van der Waals surface area (Å²) in [6.45, 7) is 0. The van der Waals surface area contributed by atoms with E-state index in [0.29, 0.717) is 0 Å². The van der Waals surface area contributed by atoms with Crippen molar-refractivity contribution in [2.75, 3.05) is 17.7 Å². The predicted molar refractivity (Wildman–Crippen MR) is 88.7 cm³/mol. The molecular weight excluding hydrogens is 344 g/mol. The first kappa shape index (κ1) is 17.0. The molecule has 0 saturated carbocycles. The van der Waals surface area contributed by atoms with Gasteiger partial charge in [0.25, 0.3) is 11.6 Å². The third kappa shape index (κ3) is 2.95. The molecule has 10 heteroatoms. The van der Waals surface area contributed by atoms with Gasteiger partial charge in [0.15, 0.2) is 5.92 Å². The van der Waals surface area contributed by atoms with Gasteiger partial charge in [-0.1, -0.05) is 0 Å². The molecule has 3 rings (SSSR count). The lowest BCUT2D eigenvalue weighted by Crippen LogP contribution is -2.21. The molecule has 0 fully saturated rings. The fourth-order valence-corrected chi connectivity index (χ4v) is 2.59. The van der Waals surface area contributed by atoms with E-state index < -0.39 is 34.3 Å². The van der Waals surface area contributed by atoms with Crippen LogP contribution in [0.2, 0.25) is 0 Å². The number of rotatable bonds is 4. The maximum absolute atomic E-state index is 12.2. The van der Waals surface area contributed by atoms with Crippen LogP contribution in [0.4, 0.5) is 17.1 Å². The Labute approximate surface area is 146 Å². The van der Waals surface area contributed by atoms with Gasteiger partial charge in [-0.15, -0.1) is 0 Å². The highest BCUT2D eigenvalue weighted by atomic mass is 16.6. The number of nitro groups is 1. The molecule has 2 aromatic rings. The van der Waals surface area contributed by atoms with E-state index in [4.69, 9.17) is 0 Å². The largest absolute Gasteiger partial charge is 0.468 e. The summed E-state index contributed by atoms with van der Waals surface area (Å²) < 4.78 is 4.57. The number of nitro benzene ring substituents is 1. The molecule has 26 heavy (non-hydrogen) atoms. The van der Waals surface area contributed by atoms with E-state index in [2.05, 4.69) is 20.4 Å². The second kappa shape index (κ2) is 6.59. The highest BCUT2D eigenvalue weighted by Crippen LogP contribution is 2.40. The number of fused-ring (bicyclic) bond motifs is 1. The molecular formula is C16H12N4O6. The van der Waals surface area contributed by atoms with Gasteiger partial charge in [0, 0.05) is 29.7 Å². The number of nitrogens with one attached hydrogen (secondary N) is 2. The summed E-state index contributed by atoms with van der Waals surface area (Å²) in [4.78, 5) is 50.5. The number of methoxy groups -OCH3 is 1. The molecule has 0 spiro atoms. The fourth-order valence-electron chi connectivity index (χ4n) is 2.59. The van der Waals surface area contributed by atoms with Gasteiger partial charge in [0.05, 0.1) is 17.6 Å². The van der Waals surface area contributed by atoms with Crippen LogP contribution < -0.4 is 10.6 Å².